The normalized spacial score (nSPS) is 11.0. The summed E-state index contributed by atoms with van der Waals surface area (Å²) in [6.07, 6.45) is 2.40. The van der Waals surface area contributed by atoms with Gasteiger partial charge in [-0.1, -0.05) is 23.7 Å². The zero-order chi connectivity index (χ0) is 16.3. The quantitative estimate of drug-likeness (QED) is 0.388. The van der Waals surface area contributed by atoms with E-state index < -0.39 is 23.4 Å². The van der Waals surface area contributed by atoms with Crippen LogP contribution in [0, 0.1) is 17.5 Å². The molecular weight excluding hydrogens is 319 g/mol. The lowest BCUT2D eigenvalue weighted by Crippen LogP contribution is -2.14. The van der Waals surface area contributed by atoms with Gasteiger partial charge in [0.25, 0.3) is 5.91 Å². The van der Waals surface area contributed by atoms with Crippen molar-refractivity contribution in [2.45, 2.75) is 0 Å². The number of amides is 1. The molecule has 0 fully saturated rings. The molecule has 2 aromatic carbocycles. The van der Waals surface area contributed by atoms with Crippen LogP contribution in [-0.4, -0.2) is 11.1 Å². The van der Waals surface area contributed by atoms with Crippen molar-refractivity contribution in [3.8, 4) is 11.1 Å². The van der Waals surface area contributed by atoms with Crippen LogP contribution >= 0.6 is 11.6 Å². The fourth-order valence-corrected chi connectivity index (χ4v) is 2.01. The number of carbonyl (C=O) groups is 1. The lowest BCUT2D eigenvalue weighted by molar-refractivity contribution is -0.124. The van der Waals surface area contributed by atoms with Crippen molar-refractivity contribution in [1.29, 1.82) is 0 Å². The molecule has 2 rings (SSSR count). The fraction of sp³-hybridized carbons (Fsp3) is 0. The lowest BCUT2D eigenvalue weighted by Gasteiger charge is -2.06. The summed E-state index contributed by atoms with van der Waals surface area (Å²) in [5.74, 6) is -4.86. The highest BCUT2D eigenvalue weighted by atomic mass is 35.5. The first-order valence-corrected chi connectivity index (χ1v) is 6.37. The van der Waals surface area contributed by atoms with Gasteiger partial charge in [-0.05, 0) is 41.0 Å². The summed E-state index contributed by atoms with van der Waals surface area (Å²) < 4.78 is 39.4. The van der Waals surface area contributed by atoms with Crippen LogP contribution in [0.4, 0.5) is 13.2 Å². The predicted octanol–water partition coefficient (Wildman–Crippen LogP) is 3.94. The van der Waals surface area contributed by atoms with Gasteiger partial charge in [0.2, 0.25) is 0 Å². The number of benzene rings is 2. The first-order chi connectivity index (χ1) is 10.4. The Bertz CT molecular complexity index is 739. The van der Waals surface area contributed by atoms with Crippen LogP contribution in [0.25, 0.3) is 17.2 Å². The summed E-state index contributed by atoms with van der Waals surface area (Å²) in [5.41, 5.74) is 2.39. The van der Waals surface area contributed by atoms with E-state index in [4.69, 9.17) is 16.8 Å². The molecule has 0 radical (unpaired) electrons. The number of halogens is 4. The molecule has 7 heteroatoms. The maximum absolute atomic E-state index is 13.2. The summed E-state index contributed by atoms with van der Waals surface area (Å²) in [5, 5.41) is 8.58. The van der Waals surface area contributed by atoms with Crippen molar-refractivity contribution in [2.75, 3.05) is 0 Å². The molecule has 0 aliphatic carbocycles. The van der Waals surface area contributed by atoms with Gasteiger partial charge in [-0.2, -0.15) is 0 Å². The average Bonchev–Trinajstić information content (AvgIpc) is 2.50. The molecule has 114 valence electrons. The van der Waals surface area contributed by atoms with Crippen molar-refractivity contribution in [1.82, 2.24) is 5.48 Å². The molecular formula is C15H9ClF3NO2. The van der Waals surface area contributed by atoms with Gasteiger partial charge in [-0.3, -0.25) is 10.0 Å². The zero-order valence-corrected chi connectivity index (χ0v) is 11.7. The summed E-state index contributed by atoms with van der Waals surface area (Å²) in [6.45, 7) is 0. The van der Waals surface area contributed by atoms with Crippen molar-refractivity contribution >= 4 is 23.6 Å². The van der Waals surface area contributed by atoms with Gasteiger partial charge in [0, 0.05) is 11.1 Å². The maximum atomic E-state index is 13.2. The molecule has 0 aromatic heterocycles. The van der Waals surface area contributed by atoms with Crippen LogP contribution < -0.4 is 5.48 Å². The van der Waals surface area contributed by atoms with Crippen molar-refractivity contribution < 1.29 is 23.2 Å². The summed E-state index contributed by atoms with van der Waals surface area (Å²) in [4.78, 5) is 10.9. The Morgan fingerprint density at radius 2 is 1.73 bits per heavy atom. The largest absolute Gasteiger partial charge is 0.288 e. The van der Waals surface area contributed by atoms with E-state index in [1.165, 1.54) is 29.8 Å². The number of hydrogen-bond donors (Lipinski definition) is 2. The van der Waals surface area contributed by atoms with Crippen LogP contribution in [0.5, 0.6) is 0 Å². The highest BCUT2D eigenvalue weighted by molar-refractivity contribution is 6.32. The van der Waals surface area contributed by atoms with E-state index in [1.54, 1.807) is 0 Å². The Morgan fingerprint density at radius 1 is 1.09 bits per heavy atom. The average molecular weight is 328 g/mol. The van der Waals surface area contributed by atoms with Crippen molar-refractivity contribution in [3.63, 3.8) is 0 Å². The van der Waals surface area contributed by atoms with E-state index in [0.717, 1.165) is 18.2 Å². The first kappa shape index (κ1) is 16.1. The van der Waals surface area contributed by atoms with Gasteiger partial charge in [-0.15, -0.1) is 0 Å². The number of carbonyl (C=O) groups excluding carboxylic acids is 1. The van der Waals surface area contributed by atoms with Gasteiger partial charge in [0.05, 0.1) is 0 Å². The Kier molecular flexibility index (Phi) is 4.85. The molecule has 0 aliphatic heterocycles. The number of hydrogen-bond acceptors (Lipinski definition) is 2. The van der Waals surface area contributed by atoms with Crippen molar-refractivity contribution in [3.05, 3.63) is 64.4 Å². The molecule has 0 atom stereocenters. The number of nitrogens with one attached hydrogen (secondary N) is 1. The molecule has 2 aromatic rings. The monoisotopic (exact) mass is 327 g/mol. The van der Waals surface area contributed by atoms with E-state index in [0.29, 0.717) is 11.1 Å². The molecule has 22 heavy (non-hydrogen) atoms. The second-order valence-electron chi connectivity index (χ2n) is 4.30. The maximum Gasteiger partial charge on any atom is 0.267 e. The van der Waals surface area contributed by atoms with Crippen LogP contribution in [-0.2, 0) is 4.79 Å². The summed E-state index contributed by atoms with van der Waals surface area (Å²) >= 11 is 6.01. The minimum atomic E-state index is -1.54. The smallest absolute Gasteiger partial charge is 0.267 e. The summed E-state index contributed by atoms with van der Waals surface area (Å²) in [6, 6.07) is 6.16. The highest BCUT2D eigenvalue weighted by Gasteiger charge is 2.12. The summed E-state index contributed by atoms with van der Waals surface area (Å²) in [7, 11) is 0. The van der Waals surface area contributed by atoms with E-state index in [-0.39, 0.29) is 10.6 Å². The van der Waals surface area contributed by atoms with E-state index >= 15 is 0 Å². The van der Waals surface area contributed by atoms with E-state index in [1.807, 2.05) is 0 Å². The minimum Gasteiger partial charge on any atom is -0.288 e. The molecule has 3 nitrogen and oxygen atoms in total. The van der Waals surface area contributed by atoms with Gasteiger partial charge in [0.15, 0.2) is 17.5 Å². The second kappa shape index (κ2) is 6.64. The molecule has 2 N–H and O–H groups in total. The van der Waals surface area contributed by atoms with Crippen LogP contribution in [0.2, 0.25) is 5.02 Å². The van der Waals surface area contributed by atoms with Gasteiger partial charge in [-0.25, -0.2) is 18.7 Å². The van der Waals surface area contributed by atoms with Crippen LogP contribution in [0.3, 0.4) is 0 Å². The Balaban J connectivity index is 2.37. The standard InChI is InChI=1S/C15H9ClF3NO2/c16-11-5-9(2-1-8(11)3-4-14(21)20-22)10-6-12(17)15(19)13(18)7-10/h1-7,22H,(H,20,21)/b4-3+. The Morgan fingerprint density at radius 3 is 2.27 bits per heavy atom. The number of hydroxylamine groups is 1. The third-order valence-electron chi connectivity index (χ3n) is 2.84. The highest BCUT2D eigenvalue weighted by Crippen LogP contribution is 2.28. The minimum absolute atomic E-state index is 0.127. The SMILES string of the molecule is O=C(/C=C/c1ccc(-c2cc(F)c(F)c(F)c2)cc1Cl)NO. The Labute approximate surface area is 128 Å². The van der Waals surface area contributed by atoms with Gasteiger partial charge >= 0.3 is 0 Å². The van der Waals surface area contributed by atoms with E-state index in [2.05, 4.69) is 0 Å². The molecule has 1 amide bonds. The topological polar surface area (TPSA) is 49.3 Å². The molecule has 0 unspecified atom stereocenters. The Hall–Kier alpha value is -2.31. The molecule has 0 spiro atoms. The first-order valence-electron chi connectivity index (χ1n) is 5.99. The third-order valence-corrected chi connectivity index (χ3v) is 3.17. The van der Waals surface area contributed by atoms with E-state index in [9.17, 15) is 18.0 Å². The third kappa shape index (κ3) is 3.47. The van der Waals surface area contributed by atoms with Gasteiger partial charge < -0.3 is 0 Å². The lowest BCUT2D eigenvalue weighted by atomic mass is 10.0. The molecule has 0 saturated carbocycles. The fourth-order valence-electron chi connectivity index (χ4n) is 1.77. The van der Waals surface area contributed by atoms with Gasteiger partial charge in [0.1, 0.15) is 0 Å². The van der Waals surface area contributed by atoms with Crippen LogP contribution in [0.1, 0.15) is 5.56 Å². The molecule has 0 aliphatic rings. The van der Waals surface area contributed by atoms with Crippen LogP contribution in [0.15, 0.2) is 36.4 Å². The predicted molar refractivity (Wildman–Crippen MR) is 75.7 cm³/mol. The second-order valence-corrected chi connectivity index (χ2v) is 4.71. The molecule has 0 heterocycles. The zero-order valence-electron chi connectivity index (χ0n) is 10.9. The number of rotatable bonds is 3. The van der Waals surface area contributed by atoms with Crippen molar-refractivity contribution in [2.24, 2.45) is 0 Å². The molecule has 0 saturated heterocycles. The molecule has 0 bridgehead atoms.